The van der Waals surface area contributed by atoms with Crippen molar-refractivity contribution in [1.82, 2.24) is 0 Å². The summed E-state index contributed by atoms with van der Waals surface area (Å²) in [4.78, 5) is 0. The molecule has 0 fully saturated rings. The first-order valence-corrected chi connectivity index (χ1v) is 7.03. The minimum Gasteiger partial charge on any atom is -0.497 e. The number of aryl methyl sites for hydroxylation is 2. The van der Waals surface area contributed by atoms with Gasteiger partial charge < -0.3 is 10.1 Å². The molecular weight excluding hydrogens is 302 g/mol. The van der Waals surface area contributed by atoms with Crippen LogP contribution in [0.25, 0.3) is 0 Å². The summed E-state index contributed by atoms with van der Waals surface area (Å²) in [5.74, 6) is 0.891. The molecule has 0 heterocycles. The fraction of sp³-hybridized carbons (Fsp3) is 0.250. The molecule has 0 aliphatic heterocycles. The van der Waals surface area contributed by atoms with Gasteiger partial charge >= 0.3 is 0 Å². The van der Waals surface area contributed by atoms with Crippen LogP contribution in [-0.4, -0.2) is 7.11 Å². The molecule has 0 bridgehead atoms. The molecule has 2 nitrogen and oxygen atoms in total. The second-order valence-electron chi connectivity index (χ2n) is 4.62. The fourth-order valence-electron chi connectivity index (χ4n) is 1.98. The van der Waals surface area contributed by atoms with Gasteiger partial charge in [-0.2, -0.15) is 0 Å². The van der Waals surface area contributed by atoms with Crippen LogP contribution in [0.2, 0.25) is 0 Å². The third-order valence-electron chi connectivity index (χ3n) is 3.14. The average Bonchev–Trinajstić information content (AvgIpc) is 2.41. The van der Waals surface area contributed by atoms with Crippen LogP contribution in [-0.2, 0) is 6.54 Å². The zero-order valence-corrected chi connectivity index (χ0v) is 13.0. The van der Waals surface area contributed by atoms with Crippen molar-refractivity contribution < 1.29 is 4.74 Å². The minimum absolute atomic E-state index is 0.821. The van der Waals surface area contributed by atoms with Gasteiger partial charge in [0, 0.05) is 16.7 Å². The molecule has 0 aromatic heterocycles. The Bertz CT molecular complexity index is 581. The quantitative estimate of drug-likeness (QED) is 0.883. The maximum Gasteiger partial charge on any atom is 0.119 e. The first-order chi connectivity index (χ1) is 9.10. The van der Waals surface area contributed by atoms with Crippen LogP contribution in [0.1, 0.15) is 16.7 Å². The number of rotatable bonds is 4. The van der Waals surface area contributed by atoms with E-state index in [1.165, 1.54) is 16.7 Å². The van der Waals surface area contributed by atoms with E-state index in [1.807, 2.05) is 12.1 Å². The summed E-state index contributed by atoms with van der Waals surface area (Å²) < 4.78 is 6.36. The number of methoxy groups -OCH3 is 1. The number of nitrogens with one attached hydrogen (secondary N) is 1. The molecule has 0 aliphatic rings. The first-order valence-electron chi connectivity index (χ1n) is 6.23. The van der Waals surface area contributed by atoms with Crippen molar-refractivity contribution in [3.05, 3.63) is 57.6 Å². The van der Waals surface area contributed by atoms with E-state index in [0.717, 1.165) is 22.5 Å². The van der Waals surface area contributed by atoms with E-state index >= 15 is 0 Å². The molecule has 2 aromatic rings. The van der Waals surface area contributed by atoms with Crippen LogP contribution in [0.3, 0.4) is 0 Å². The van der Waals surface area contributed by atoms with Crippen molar-refractivity contribution in [3.63, 3.8) is 0 Å². The summed E-state index contributed by atoms with van der Waals surface area (Å²) in [5.41, 5.74) is 4.86. The van der Waals surface area contributed by atoms with Gasteiger partial charge in [0.15, 0.2) is 0 Å². The Kier molecular flexibility index (Phi) is 4.48. The number of halogens is 1. The fourth-order valence-corrected chi connectivity index (χ4v) is 2.22. The predicted molar refractivity (Wildman–Crippen MR) is 83.9 cm³/mol. The highest BCUT2D eigenvalue weighted by Crippen LogP contribution is 2.22. The third-order valence-corrected chi connectivity index (χ3v) is 4.03. The number of hydrogen-bond donors (Lipinski definition) is 1. The molecule has 2 aromatic carbocycles. The van der Waals surface area contributed by atoms with Gasteiger partial charge in [-0.05, 0) is 54.8 Å². The molecule has 0 radical (unpaired) electrons. The van der Waals surface area contributed by atoms with E-state index in [2.05, 4.69) is 59.4 Å². The van der Waals surface area contributed by atoms with Gasteiger partial charge in [-0.3, -0.25) is 0 Å². The van der Waals surface area contributed by atoms with Crippen molar-refractivity contribution in [1.29, 1.82) is 0 Å². The molecular formula is C16H18BrNO. The standard InChI is InChI=1S/C16H18BrNO/c1-11-8-13(4-6-15(11)17)10-18-16-7-5-14(19-3)9-12(16)2/h4-9,18H,10H2,1-3H3. The number of hydrogen-bond acceptors (Lipinski definition) is 2. The molecule has 1 N–H and O–H groups in total. The van der Waals surface area contributed by atoms with Crippen LogP contribution in [0.15, 0.2) is 40.9 Å². The van der Waals surface area contributed by atoms with E-state index in [4.69, 9.17) is 4.74 Å². The molecule has 0 spiro atoms. The summed E-state index contributed by atoms with van der Waals surface area (Å²) >= 11 is 3.52. The first kappa shape index (κ1) is 13.9. The largest absolute Gasteiger partial charge is 0.497 e. The Morgan fingerprint density at radius 3 is 2.47 bits per heavy atom. The monoisotopic (exact) mass is 319 g/mol. The van der Waals surface area contributed by atoms with Crippen molar-refractivity contribution in [2.75, 3.05) is 12.4 Å². The number of anilines is 1. The molecule has 2 rings (SSSR count). The van der Waals surface area contributed by atoms with Crippen molar-refractivity contribution in [3.8, 4) is 5.75 Å². The minimum atomic E-state index is 0.821. The van der Waals surface area contributed by atoms with Gasteiger partial charge in [0.2, 0.25) is 0 Å². The summed E-state index contributed by atoms with van der Waals surface area (Å²) in [6.45, 7) is 5.01. The van der Waals surface area contributed by atoms with Gasteiger partial charge in [-0.1, -0.05) is 28.1 Å². The lowest BCUT2D eigenvalue weighted by Gasteiger charge is -2.11. The average molecular weight is 320 g/mol. The zero-order chi connectivity index (χ0) is 13.8. The summed E-state index contributed by atoms with van der Waals surface area (Å²) in [6, 6.07) is 12.5. The van der Waals surface area contributed by atoms with Crippen LogP contribution in [0.5, 0.6) is 5.75 Å². The van der Waals surface area contributed by atoms with Crippen molar-refractivity contribution >= 4 is 21.6 Å². The van der Waals surface area contributed by atoms with Gasteiger partial charge in [0.25, 0.3) is 0 Å². The van der Waals surface area contributed by atoms with Crippen LogP contribution in [0.4, 0.5) is 5.69 Å². The molecule has 3 heteroatoms. The van der Waals surface area contributed by atoms with Crippen molar-refractivity contribution in [2.24, 2.45) is 0 Å². The molecule has 100 valence electrons. The zero-order valence-electron chi connectivity index (χ0n) is 11.5. The molecule has 0 aliphatic carbocycles. The number of ether oxygens (including phenoxy) is 1. The van der Waals surface area contributed by atoms with E-state index in [-0.39, 0.29) is 0 Å². The Morgan fingerprint density at radius 2 is 1.84 bits per heavy atom. The molecule has 0 saturated heterocycles. The van der Waals surface area contributed by atoms with E-state index in [9.17, 15) is 0 Å². The lowest BCUT2D eigenvalue weighted by Crippen LogP contribution is -2.01. The van der Waals surface area contributed by atoms with Gasteiger partial charge in [-0.15, -0.1) is 0 Å². The molecule has 0 atom stereocenters. The maximum atomic E-state index is 5.21. The Hall–Kier alpha value is -1.48. The third kappa shape index (κ3) is 3.51. The smallest absolute Gasteiger partial charge is 0.119 e. The molecule has 0 amide bonds. The van der Waals surface area contributed by atoms with Crippen LogP contribution in [0, 0.1) is 13.8 Å². The van der Waals surface area contributed by atoms with Gasteiger partial charge in [-0.25, -0.2) is 0 Å². The van der Waals surface area contributed by atoms with E-state index in [1.54, 1.807) is 7.11 Å². The van der Waals surface area contributed by atoms with Crippen LogP contribution < -0.4 is 10.1 Å². The Balaban J connectivity index is 2.07. The second kappa shape index (κ2) is 6.11. The van der Waals surface area contributed by atoms with Crippen LogP contribution >= 0.6 is 15.9 Å². The van der Waals surface area contributed by atoms with Gasteiger partial charge in [0.05, 0.1) is 7.11 Å². The predicted octanol–water partition coefficient (Wildman–Crippen LogP) is 4.69. The maximum absolute atomic E-state index is 5.21. The highest BCUT2D eigenvalue weighted by molar-refractivity contribution is 9.10. The Morgan fingerprint density at radius 1 is 1.05 bits per heavy atom. The van der Waals surface area contributed by atoms with Crippen molar-refractivity contribution in [2.45, 2.75) is 20.4 Å². The summed E-state index contributed by atoms with van der Waals surface area (Å²) in [5, 5.41) is 3.46. The topological polar surface area (TPSA) is 21.3 Å². The van der Waals surface area contributed by atoms with E-state index in [0.29, 0.717) is 0 Å². The Labute approximate surface area is 122 Å². The second-order valence-corrected chi connectivity index (χ2v) is 5.47. The lowest BCUT2D eigenvalue weighted by atomic mass is 10.1. The molecule has 0 saturated carbocycles. The highest BCUT2D eigenvalue weighted by Gasteiger charge is 2.01. The number of benzene rings is 2. The molecule has 19 heavy (non-hydrogen) atoms. The normalized spacial score (nSPS) is 10.3. The van der Waals surface area contributed by atoms with E-state index < -0.39 is 0 Å². The summed E-state index contributed by atoms with van der Waals surface area (Å²) in [7, 11) is 1.69. The summed E-state index contributed by atoms with van der Waals surface area (Å²) in [6.07, 6.45) is 0. The lowest BCUT2D eigenvalue weighted by molar-refractivity contribution is 0.414. The SMILES string of the molecule is COc1ccc(NCc2ccc(Br)c(C)c2)c(C)c1. The molecule has 0 unspecified atom stereocenters. The highest BCUT2D eigenvalue weighted by atomic mass is 79.9. The van der Waals surface area contributed by atoms with Gasteiger partial charge in [0.1, 0.15) is 5.75 Å².